The zero-order chi connectivity index (χ0) is 26.5. The van der Waals surface area contributed by atoms with Crippen molar-refractivity contribution in [2.75, 3.05) is 12.3 Å². The third-order valence-electron chi connectivity index (χ3n) is 6.01. The molecule has 3 amide bonds. The molecular weight excluding hydrogens is 478 g/mol. The van der Waals surface area contributed by atoms with Crippen molar-refractivity contribution in [2.45, 2.75) is 45.2 Å². The summed E-state index contributed by atoms with van der Waals surface area (Å²) in [6, 6.07) is 14.7. The fourth-order valence-electron chi connectivity index (χ4n) is 3.62. The molecule has 0 aliphatic heterocycles. The Labute approximate surface area is 214 Å². The van der Waals surface area contributed by atoms with E-state index in [1.807, 2.05) is 51.1 Å². The Hall–Kier alpha value is -3.92. The molecule has 10 heteroatoms. The molecule has 3 aromatic rings. The van der Waals surface area contributed by atoms with Gasteiger partial charge in [-0.05, 0) is 61.5 Å². The highest BCUT2D eigenvalue weighted by atomic mass is 32.1. The molecule has 0 fully saturated rings. The van der Waals surface area contributed by atoms with E-state index in [1.165, 1.54) is 17.0 Å². The van der Waals surface area contributed by atoms with Gasteiger partial charge in [-0.3, -0.25) is 14.4 Å². The number of phenolic OH excluding ortho intramolecular Hbond substituents is 1. The first-order valence-electron chi connectivity index (χ1n) is 11.5. The molecule has 0 bridgehead atoms. The fourth-order valence-corrected chi connectivity index (χ4v) is 4.38. The number of aromatic hydroxyl groups is 1. The van der Waals surface area contributed by atoms with Crippen molar-refractivity contribution in [2.24, 2.45) is 5.73 Å². The molecule has 1 atom stereocenters. The van der Waals surface area contributed by atoms with E-state index in [0.29, 0.717) is 18.4 Å². The Balaban J connectivity index is 2.09. The van der Waals surface area contributed by atoms with E-state index < -0.39 is 23.4 Å². The number of hydrogen-bond donors (Lipinski definition) is 4. The Morgan fingerprint density at radius 3 is 2.31 bits per heavy atom. The summed E-state index contributed by atoms with van der Waals surface area (Å²) < 4.78 is 3.96. The molecule has 0 aliphatic rings. The van der Waals surface area contributed by atoms with Crippen LogP contribution in [-0.4, -0.2) is 44.2 Å². The highest BCUT2D eigenvalue weighted by Gasteiger charge is 2.36. The predicted octanol–water partition coefficient (Wildman–Crippen LogP) is 3.26. The van der Waals surface area contributed by atoms with E-state index >= 15 is 0 Å². The number of nitrogens with one attached hydrogen (secondary N) is 1. The largest absolute Gasteiger partial charge is 0.508 e. The molecular formula is C26H31N5O4S. The minimum absolute atomic E-state index is 0.0307. The molecule has 0 unspecified atom stereocenters. The number of aromatic nitrogens is 1. The molecule has 2 aromatic carbocycles. The third-order valence-corrected chi connectivity index (χ3v) is 6.87. The summed E-state index contributed by atoms with van der Waals surface area (Å²) in [5.74, 6) is -1.73. The summed E-state index contributed by atoms with van der Waals surface area (Å²) in [5, 5.41) is 12.9. The molecule has 0 radical (unpaired) electrons. The van der Waals surface area contributed by atoms with Gasteiger partial charge in [0, 0.05) is 12.1 Å². The third kappa shape index (κ3) is 6.19. The topological polar surface area (TPSA) is 152 Å². The van der Waals surface area contributed by atoms with Crippen molar-refractivity contribution in [1.29, 1.82) is 0 Å². The lowest BCUT2D eigenvalue weighted by Crippen LogP contribution is -2.50. The summed E-state index contributed by atoms with van der Waals surface area (Å²) in [4.78, 5) is 40.7. The fraction of sp³-hybridized carbons (Fsp3) is 0.308. The minimum Gasteiger partial charge on any atom is -0.508 e. The second kappa shape index (κ2) is 11.2. The Kier molecular flexibility index (Phi) is 8.31. The van der Waals surface area contributed by atoms with Gasteiger partial charge in [-0.2, -0.15) is 4.37 Å². The van der Waals surface area contributed by atoms with E-state index in [9.17, 15) is 19.5 Å². The number of amides is 3. The van der Waals surface area contributed by atoms with Gasteiger partial charge in [-0.1, -0.05) is 49.4 Å². The summed E-state index contributed by atoms with van der Waals surface area (Å²) in [6.45, 7) is 5.93. The molecule has 36 heavy (non-hydrogen) atoms. The van der Waals surface area contributed by atoms with Crippen LogP contribution in [-0.2, 0) is 11.2 Å². The first-order chi connectivity index (χ1) is 17.0. The molecule has 190 valence electrons. The Bertz CT molecular complexity index is 1220. The molecule has 0 saturated carbocycles. The van der Waals surface area contributed by atoms with Crippen LogP contribution in [0.5, 0.6) is 5.75 Å². The Morgan fingerprint density at radius 2 is 1.75 bits per heavy atom. The van der Waals surface area contributed by atoms with Crippen LogP contribution >= 0.6 is 11.5 Å². The number of rotatable bonds is 10. The molecule has 9 nitrogen and oxygen atoms in total. The molecule has 6 N–H and O–H groups in total. The minimum atomic E-state index is -1.04. The van der Waals surface area contributed by atoms with Gasteiger partial charge in [-0.15, -0.1) is 0 Å². The van der Waals surface area contributed by atoms with Gasteiger partial charge in [0.15, 0.2) is 5.69 Å². The van der Waals surface area contributed by atoms with Gasteiger partial charge in [0.1, 0.15) is 16.7 Å². The highest BCUT2D eigenvalue weighted by molar-refractivity contribution is 7.09. The molecule has 1 heterocycles. The summed E-state index contributed by atoms with van der Waals surface area (Å²) in [6.07, 6.45) is 1.13. The van der Waals surface area contributed by atoms with Crippen molar-refractivity contribution < 1.29 is 19.5 Å². The smallest absolute Gasteiger partial charge is 0.270 e. The second-order valence-electron chi connectivity index (χ2n) is 9.09. The van der Waals surface area contributed by atoms with E-state index in [1.54, 1.807) is 12.1 Å². The standard InChI is InChI=1S/C26H31N5O4S/c1-4-26(2,3)29-24(34)21(17-10-12-18(32)13-11-17)31(15-14-16-8-6-5-7-9-16)25(35)22-19(27)20(23(28)33)30-36-22/h5-13,21,32H,4,14-15,27H2,1-3H3,(H2,28,33)(H,29,34)/t21-/m1/s1. The molecule has 1 aromatic heterocycles. The normalized spacial score (nSPS) is 12.1. The first-order valence-corrected chi connectivity index (χ1v) is 12.3. The summed E-state index contributed by atoms with van der Waals surface area (Å²) >= 11 is 0.768. The molecule has 3 rings (SSSR count). The van der Waals surface area contributed by atoms with E-state index in [-0.39, 0.29) is 34.5 Å². The second-order valence-corrected chi connectivity index (χ2v) is 9.87. The number of nitrogens with zero attached hydrogens (tertiary/aromatic N) is 2. The number of nitrogens with two attached hydrogens (primary N) is 2. The summed E-state index contributed by atoms with van der Waals surface area (Å²) in [7, 11) is 0. The van der Waals surface area contributed by atoms with Crippen molar-refractivity contribution >= 4 is 34.9 Å². The van der Waals surface area contributed by atoms with Crippen LogP contribution in [0.4, 0.5) is 5.69 Å². The SMILES string of the molecule is CCC(C)(C)NC(=O)[C@@H](c1ccc(O)cc1)N(CCc1ccccc1)C(=O)c1snc(C(N)=O)c1N. The van der Waals surface area contributed by atoms with Crippen molar-refractivity contribution in [3.8, 4) is 5.75 Å². The predicted molar refractivity (Wildman–Crippen MR) is 140 cm³/mol. The maximum absolute atomic E-state index is 13.9. The van der Waals surface area contributed by atoms with Gasteiger partial charge in [0.25, 0.3) is 11.8 Å². The average molecular weight is 510 g/mol. The highest BCUT2D eigenvalue weighted by Crippen LogP contribution is 2.30. The quantitative estimate of drug-likeness (QED) is 0.329. The van der Waals surface area contributed by atoms with Crippen LogP contribution in [0.2, 0.25) is 0 Å². The maximum Gasteiger partial charge on any atom is 0.270 e. The monoisotopic (exact) mass is 509 g/mol. The van der Waals surface area contributed by atoms with Gasteiger partial charge in [0.05, 0.1) is 5.69 Å². The van der Waals surface area contributed by atoms with E-state index in [2.05, 4.69) is 9.69 Å². The van der Waals surface area contributed by atoms with Crippen LogP contribution < -0.4 is 16.8 Å². The number of benzene rings is 2. The zero-order valence-corrected chi connectivity index (χ0v) is 21.3. The summed E-state index contributed by atoms with van der Waals surface area (Å²) in [5.41, 5.74) is 12.1. The molecule has 0 aliphatic carbocycles. The van der Waals surface area contributed by atoms with Crippen LogP contribution in [0.1, 0.15) is 64.5 Å². The number of anilines is 1. The number of primary amides is 1. The number of phenols is 1. The van der Waals surface area contributed by atoms with Gasteiger partial charge >= 0.3 is 0 Å². The van der Waals surface area contributed by atoms with Crippen molar-refractivity contribution in [3.05, 3.63) is 76.3 Å². The molecule has 0 spiro atoms. The molecule has 0 saturated heterocycles. The van der Waals surface area contributed by atoms with E-state index in [0.717, 1.165) is 17.1 Å². The van der Waals surface area contributed by atoms with Crippen LogP contribution in [0.25, 0.3) is 0 Å². The van der Waals surface area contributed by atoms with Gasteiger partial charge in [0.2, 0.25) is 5.91 Å². The lowest BCUT2D eigenvalue weighted by molar-refractivity contribution is -0.127. The Morgan fingerprint density at radius 1 is 1.11 bits per heavy atom. The van der Waals surface area contributed by atoms with Crippen molar-refractivity contribution in [1.82, 2.24) is 14.6 Å². The lowest BCUT2D eigenvalue weighted by atomic mass is 9.98. The zero-order valence-electron chi connectivity index (χ0n) is 20.5. The number of carbonyl (C=O) groups is 3. The van der Waals surface area contributed by atoms with Crippen LogP contribution in [0, 0.1) is 0 Å². The van der Waals surface area contributed by atoms with Gasteiger partial charge in [-0.25, -0.2) is 0 Å². The van der Waals surface area contributed by atoms with Crippen LogP contribution in [0.15, 0.2) is 54.6 Å². The van der Waals surface area contributed by atoms with Crippen LogP contribution in [0.3, 0.4) is 0 Å². The average Bonchev–Trinajstić information content (AvgIpc) is 3.24. The van der Waals surface area contributed by atoms with Gasteiger partial charge < -0.3 is 26.8 Å². The number of carbonyl (C=O) groups excluding carboxylic acids is 3. The number of hydrogen-bond acceptors (Lipinski definition) is 7. The van der Waals surface area contributed by atoms with Crippen molar-refractivity contribution in [3.63, 3.8) is 0 Å². The maximum atomic E-state index is 13.9. The number of nitrogen functional groups attached to an aromatic ring is 1. The lowest BCUT2D eigenvalue weighted by Gasteiger charge is -2.34. The van der Waals surface area contributed by atoms with E-state index in [4.69, 9.17) is 11.5 Å². The first kappa shape index (κ1) is 26.7.